The summed E-state index contributed by atoms with van der Waals surface area (Å²) in [5.74, 6) is -0.0769. The van der Waals surface area contributed by atoms with Gasteiger partial charge in [0.15, 0.2) is 6.23 Å². The van der Waals surface area contributed by atoms with Gasteiger partial charge in [-0.2, -0.15) is 8.78 Å². The molecule has 0 bridgehead atoms. The normalized spacial score (nSPS) is 12.6. The zero-order chi connectivity index (χ0) is 22.5. The van der Waals surface area contributed by atoms with Crippen LogP contribution in [0, 0.1) is 0 Å². The molecule has 2 aromatic rings. The van der Waals surface area contributed by atoms with Crippen LogP contribution in [0.1, 0.15) is 25.1 Å². The molecular weight excluding hydrogens is 517 g/mol. The summed E-state index contributed by atoms with van der Waals surface area (Å²) in [7, 11) is 1.41. The fourth-order valence-electron chi connectivity index (χ4n) is 2.75. The van der Waals surface area contributed by atoms with Crippen molar-refractivity contribution >= 4 is 28.4 Å². The Morgan fingerprint density at radius 2 is 2.00 bits per heavy atom. The number of hydrogen-bond acceptors (Lipinski definition) is 7. The molecule has 0 radical (unpaired) electrons. The Hall–Kier alpha value is -2.19. The number of aliphatic hydroxyl groups excluding tert-OH is 1. The van der Waals surface area contributed by atoms with Crippen LogP contribution < -0.4 is 31.8 Å². The highest BCUT2D eigenvalue weighted by Gasteiger charge is 2.27. The molecule has 12 heteroatoms. The fraction of sp³-hybridized carbons (Fsp3) is 0.444. The van der Waals surface area contributed by atoms with E-state index >= 15 is 0 Å². The number of alkyl halides is 3. The lowest BCUT2D eigenvalue weighted by Crippen LogP contribution is -2.45. The van der Waals surface area contributed by atoms with Crippen LogP contribution in [0.3, 0.4) is 0 Å². The molecule has 0 aliphatic rings. The van der Waals surface area contributed by atoms with Gasteiger partial charge in [-0.3, -0.25) is 19.2 Å². The van der Waals surface area contributed by atoms with Gasteiger partial charge in [0.2, 0.25) is 0 Å². The standard InChI is InChI=1S/C18H23F2IN4O5/c1-3-23-15(29-11-6-4-7-12(10-11)30-18(19,20)21)13-14(22)24(2)17(28)25(16(13)27)8-5-9-26/h4,6-7,10,15,23,26H,3,5,8-9,22H2,1-2H3/t15-/m1/s1. The van der Waals surface area contributed by atoms with Crippen molar-refractivity contribution in [2.75, 3.05) is 18.9 Å². The van der Waals surface area contributed by atoms with Gasteiger partial charge in [-0.25, -0.2) is 4.79 Å². The molecule has 9 nitrogen and oxygen atoms in total. The van der Waals surface area contributed by atoms with E-state index in [9.17, 15) is 18.4 Å². The Kier molecular flexibility index (Phi) is 8.20. The largest absolute Gasteiger partial charge is 0.471 e. The number of halogens is 3. The maximum Gasteiger partial charge on any atom is 0.451 e. The van der Waals surface area contributed by atoms with Gasteiger partial charge < -0.3 is 20.3 Å². The molecule has 0 amide bonds. The number of hydrogen-bond donors (Lipinski definition) is 3. The Bertz CT molecular complexity index is 990. The van der Waals surface area contributed by atoms with Gasteiger partial charge in [-0.1, -0.05) is 13.0 Å². The first-order valence-electron chi connectivity index (χ1n) is 9.05. The number of rotatable bonds is 10. The van der Waals surface area contributed by atoms with Crippen molar-refractivity contribution in [3.63, 3.8) is 0 Å². The smallest absolute Gasteiger partial charge is 0.451 e. The van der Waals surface area contributed by atoms with Gasteiger partial charge in [0.1, 0.15) is 22.9 Å². The number of nitrogens with one attached hydrogen (secondary N) is 1. The van der Waals surface area contributed by atoms with Gasteiger partial charge in [0, 0.05) is 26.3 Å². The number of anilines is 1. The number of benzene rings is 1. The molecule has 0 aliphatic carbocycles. The number of aromatic nitrogens is 2. The van der Waals surface area contributed by atoms with Gasteiger partial charge in [-0.05, 0) is 25.1 Å². The lowest BCUT2D eigenvalue weighted by molar-refractivity contribution is -0.0692. The van der Waals surface area contributed by atoms with Gasteiger partial charge >= 0.3 is 9.81 Å². The van der Waals surface area contributed by atoms with Gasteiger partial charge in [0.25, 0.3) is 5.56 Å². The Morgan fingerprint density at radius 1 is 1.33 bits per heavy atom. The quantitative estimate of drug-likeness (QED) is 0.238. The average molecular weight is 540 g/mol. The molecule has 0 fully saturated rings. The number of aliphatic hydroxyl groups is 1. The summed E-state index contributed by atoms with van der Waals surface area (Å²) < 4.78 is 35.3. The van der Waals surface area contributed by atoms with Crippen molar-refractivity contribution in [1.29, 1.82) is 0 Å². The minimum absolute atomic E-state index is 0.00218. The molecule has 30 heavy (non-hydrogen) atoms. The second-order valence-corrected chi connectivity index (χ2v) is 7.51. The van der Waals surface area contributed by atoms with E-state index in [1.54, 1.807) is 6.92 Å². The minimum atomic E-state index is -3.40. The van der Waals surface area contributed by atoms with Crippen molar-refractivity contribution in [1.82, 2.24) is 14.5 Å². The average Bonchev–Trinajstić information content (AvgIpc) is 2.65. The van der Waals surface area contributed by atoms with E-state index in [1.807, 2.05) is 0 Å². The van der Waals surface area contributed by atoms with Crippen LogP contribution in [0.15, 0.2) is 33.9 Å². The van der Waals surface area contributed by atoms with Crippen LogP contribution in [0.2, 0.25) is 0 Å². The Labute approximate surface area is 184 Å². The lowest BCUT2D eigenvalue weighted by Gasteiger charge is -2.23. The maximum atomic E-state index is 13.1. The summed E-state index contributed by atoms with van der Waals surface area (Å²) in [5.41, 5.74) is 4.74. The molecule has 0 saturated heterocycles. The second-order valence-electron chi connectivity index (χ2n) is 6.25. The van der Waals surface area contributed by atoms with Crippen molar-refractivity contribution in [3.8, 4) is 11.5 Å². The zero-order valence-electron chi connectivity index (χ0n) is 16.4. The Balaban J connectivity index is 2.49. The topological polar surface area (TPSA) is 121 Å². The zero-order valence-corrected chi connectivity index (χ0v) is 18.6. The predicted molar refractivity (Wildman–Crippen MR) is 115 cm³/mol. The van der Waals surface area contributed by atoms with Crippen LogP contribution >= 0.6 is 22.6 Å². The van der Waals surface area contributed by atoms with Crippen molar-refractivity contribution in [3.05, 3.63) is 50.7 Å². The van der Waals surface area contributed by atoms with E-state index in [0.717, 1.165) is 31.7 Å². The summed E-state index contributed by atoms with van der Waals surface area (Å²) in [4.78, 5) is 25.4. The fourth-order valence-corrected chi connectivity index (χ4v) is 3.00. The number of nitrogens with zero attached hydrogens (tertiary/aromatic N) is 2. The van der Waals surface area contributed by atoms with Crippen LogP contribution in [-0.2, 0) is 13.6 Å². The van der Waals surface area contributed by atoms with E-state index < -0.39 is 21.6 Å². The Morgan fingerprint density at radius 3 is 2.60 bits per heavy atom. The predicted octanol–water partition coefficient (Wildman–Crippen LogP) is 1.56. The number of nitrogen functional groups attached to an aromatic ring is 1. The first-order chi connectivity index (χ1) is 14.1. The maximum absolute atomic E-state index is 13.1. The second kappa shape index (κ2) is 10.2. The van der Waals surface area contributed by atoms with Crippen LogP contribution in [0.4, 0.5) is 14.6 Å². The molecule has 1 aromatic carbocycles. The SMILES string of the molecule is CCN[C@H](Oc1cccc(OC(F)(F)I)c1)c1c(N)n(C)c(=O)n(CCCO)c1=O. The minimum Gasteiger partial charge on any atom is -0.471 e. The third kappa shape index (κ3) is 5.92. The summed E-state index contributed by atoms with van der Waals surface area (Å²) in [6, 6.07) is 5.55. The summed E-state index contributed by atoms with van der Waals surface area (Å²) in [6.07, 6.45) is -0.861. The molecule has 2 rings (SSSR count). The van der Waals surface area contributed by atoms with Crippen LogP contribution in [-0.4, -0.2) is 31.5 Å². The van der Waals surface area contributed by atoms with Gasteiger partial charge in [-0.15, -0.1) is 0 Å². The van der Waals surface area contributed by atoms with E-state index in [0.29, 0.717) is 6.54 Å². The number of ether oxygens (including phenoxy) is 2. The highest BCUT2D eigenvalue weighted by molar-refractivity contribution is 14.1. The van der Waals surface area contributed by atoms with Crippen LogP contribution in [0.25, 0.3) is 0 Å². The van der Waals surface area contributed by atoms with Gasteiger partial charge in [0.05, 0.1) is 22.6 Å². The molecular formula is C18H23F2IN4O5. The van der Waals surface area contributed by atoms with E-state index in [4.69, 9.17) is 15.6 Å². The van der Waals surface area contributed by atoms with E-state index in [-0.39, 0.29) is 42.5 Å². The monoisotopic (exact) mass is 540 g/mol. The van der Waals surface area contributed by atoms with Crippen molar-refractivity contribution in [2.45, 2.75) is 30.2 Å². The lowest BCUT2D eigenvalue weighted by atomic mass is 10.2. The molecule has 0 saturated carbocycles. The summed E-state index contributed by atoms with van der Waals surface area (Å²) in [5, 5.41) is 12.0. The van der Waals surface area contributed by atoms with E-state index in [2.05, 4.69) is 10.1 Å². The molecule has 0 unspecified atom stereocenters. The molecule has 1 aromatic heterocycles. The first kappa shape index (κ1) is 24.1. The third-order valence-electron chi connectivity index (χ3n) is 4.12. The van der Waals surface area contributed by atoms with Crippen LogP contribution in [0.5, 0.6) is 11.5 Å². The van der Waals surface area contributed by atoms with Crippen molar-refractivity contribution < 1.29 is 23.4 Å². The summed E-state index contributed by atoms with van der Waals surface area (Å²) in [6.45, 7) is 1.96. The highest BCUT2D eigenvalue weighted by Crippen LogP contribution is 2.30. The molecule has 0 spiro atoms. The van der Waals surface area contributed by atoms with Crippen molar-refractivity contribution in [2.24, 2.45) is 7.05 Å². The third-order valence-corrected chi connectivity index (χ3v) is 4.34. The molecule has 4 N–H and O–H groups in total. The highest BCUT2D eigenvalue weighted by atomic mass is 127. The molecule has 1 heterocycles. The molecule has 1 atom stereocenters. The first-order valence-corrected chi connectivity index (χ1v) is 10.1. The van der Waals surface area contributed by atoms with E-state index in [1.165, 1.54) is 31.3 Å². The summed E-state index contributed by atoms with van der Waals surface area (Å²) >= 11 is 0.850. The number of nitrogens with two attached hydrogens (primary N) is 1. The molecule has 0 aliphatic heterocycles. The molecule has 166 valence electrons.